The van der Waals surface area contributed by atoms with Gasteiger partial charge in [0.2, 0.25) is 0 Å². The predicted molar refractivity (Wildman–Crippen MR) is 96.8 cm³/mol. The fourth-order valence-corrected chi connectivity index (χ4v) is 3.38. The number of amides is 1. The summed E-state index contributed by atoms with van der Waals surface area (Å²) >= 11 is 0. The minimum absolute atomic E-state index is 0.0585. The first kappa shape index (κ1) is 16.7. The van der Waals surface area contributed by atoms with Gasteiger partial charge in [0.25, 0.3) is 5.91 Å². The van der Waals surface area contributed by atoms with Crippen LogP contribution in [-0.2, 0) is 11.2 Å². The summed E-state index contributed by atoms with van der Waals surface area (Å²) in [4.78, 5) is 23.4. The Kier molecular flexibility index (Phi) is 4.62. The number of aromatic nitrogens is 4. The highest BCUT2D eigenvalue weighted by Crippen LogP contribution is 2.19. The number of para-hydroxylation sites is 1. The van der Waals surface area contributed by atoms with E-state index in [1.54, 1.807) is 6.33 Å². The third-order valence-corrected chi connectivity index (χ3v) is 4.66. The van der Waals surface area contributed by atoms with Gasteiger partial charge in [0.15, 0.2) is 5.69 Å². The van der Waals surface area contributed by atoms with E-state index in [-0.39, 0.29) is 11.8 Å². The number of ether oxygens (including phenoxy) is 1. The Balaban J connectivity index is 1.53. The quantitative estimate of drug-likeness (QED) is 0.780. The number of rotatable bonds is 3. The summed E-state index contributed by atoms with van der Waals surface area (Å²) < 4.78 is 5.73. The van der Waals surface area contributed by atoms with Gasteiger partial charge in [-0.05, 0) is 25.5 Å². The van der Waals surface area contributed by atoms with Crippen molar-refractivity contribution < 1.29 is 9.53 Å². The first-order valence-electron chi connectivity index (χ1n) is 8.78. The molecule has 1 aliphatic heterocycles. The molecule has 1 aromatic carbocycles. The number of carbonyl (C=O) groups excluding carboxylic acids is 1. The third-order valence-electron chi connectivity index (χ3n) is 4.66. The molecule has 0 saturated carbocycles. The van der Waals surface area contributed by atoms with Crippen molar-refractivity contribution in [3.05, 3.63) is 53.7 Å². The zero-order valence-corrected chi connectivity index (χ0v) is 14.7. The van der Waals surface area contributed by atoms with E-state index in [9.17, 15) is 4.79 Å². The van der Waals surface area contributed by atoms with Gasteiger partial charge in [-0.25, -0.2) is 9.97 Å². The number of aryl methyl sites for hydroxylation is 1. The molecule has 0 aliphatic carbocycles. The van der Waals surface area contributed by atoms with Gasteiger partial charge in [-0.1, -0.05) is 18.2 Å². The van der Waals surface area contributed by atoms with Crippen LogP contribution in [0.1, 0.15) is 21.9 Å². The average Bonchev–Trinajstić information content (AvgIpc) is 2.94. The number of benzene rings is 1. The number of carbonyl (C=O) groups is 1. The molecule has 4 rings (SSSR count). The number of fused-ring (bicyclic) bond motifs is 1. The summed E-state index contributed by atoms with van der Waals surface area (Å²) in [6, 6.07) is 9.67. The molecule has 0 unspecified atom stereocenters. The highest BCUT2D eigenvalue weighted by molar-refractivity contribution is 6.04. The van der Waals surface area contributed by atoms with E-state index in [1.807, 2.05) is 42.2 Å². The van der Waals surface area contributed by atoms with Gasteiger partial charge in [0.05, 0.1) is 18.7 Å². The molecule has 0 bridgehead atoms. The summed E-state index contributed by atoms with van der Waals surface area (Å²) in [5, 5.41) is 8.03. The van der Waals surface area contributed by atoms with Gasteiger partial charge >= 0.3 is 0 Å². The Morgan fingerprint density at radius 3 is 3.12 bits per heavy atom. The lowest BCUT2D eigenvalue weighted by Crippen LogP contribution is -2.36. The van der Waals surface area contributed by atoms with Crippen LogP contribution in [0.3, 0.4) is 0 Å². The summed E-state index contributed by atoms with van der Waals surface area (Å²) in [6.45, 7) is 4.30. The van der Waals surface area contributed by atoms with Crippen LogP contribution in [0.5, 0.6) is 0 Å². The van der Waals surface area contributed by atoms with E-state index in [4.69, 9.17) is 4.74 Å². The molecular weight excluding hydrogens is 330 g/mol. The Bertz CT molecular complexity index is 923. The minimum Gasteiger partial charge on any atom is -0.379 e. The van der Waals surface area contributed by atoms with Crippen LogP contribution in [0.15, 0.2) is 36.7 Å². The summed E-state index contributed by atoms with van der Waals surface area (Å²) in [5.41, 5.74) is 3.26. The van der Waals surface area contributed by atoms with Crippen molar-refractivity contribution in [1.82, 2.24) is 25.1 Å². The normalized spacial score (nSPS) is 18.0. The standard InChI is InChI=1S/C19H21N5O2/c1-13-8-15(21-12-20-13)9-14-10-24(6-7-26-11-14)19(25)18-16-4-2-3-5-17(16)22-23-18/h2-5,8,12,14H,6-7,9-11H2,1H3,(H,22,23)/t14-/m1/s1. The van der Waals surface area contributed by atoms with E-state index in [2.05, 4.69) is 20.2 Å². The highest BCUT2D eigenvalue weighted by atomic mass is 16.5. The van der Waals surface area contributed by atoms with Gasteiger partial charge in [0.1, 0.15) is 6.33 Å². The molecule has 1 atom stereocenters. The predicted octanol–water partition coefficient (Wildman–Crippen LogP) is 1.99. The van der Waals surface area contributed by atoms with Crippen molar-refractivity contribution in [2.75, 3.05) is 26.3 Å². The van der Waals surface area contributed by atoms with Gasteiger partial charge in [-0.3, -0.25) is 9.89 Å². The number of nitrogens with one attached hydrogen (secondary N) is 1. The second-order valence-electron chi connectivity index (χ2n) is 6.66. The Morgan fingerprint density at radius 2 is 2.23 bits per heavy atom. The summed E-state index contributed by atoms with van der Waals surface area (Å²) in [5.74, 6) is 0.137. The first-order valence-corrected chi connectivity index (χ1v) is 8.78. The first-order chi connectivity index (χ1) is 12.7. The van der Waals surface area contributed by atoms with Crippen molar-refractivity contribution >= 4 is 16.8 Å². The average molecular weight is 351 g/mol. The van der Waals surface area contributed by atoms with Crippen molar-refractivity contribution in [1.29, 1.82) is 0 Å². The lowest BCUT2D eigenvalue weighted by molar-refractivity contribution is 0.0733. The maximum absolute atomic E-state index is 13.0. The minimum atomic E-state index is -0.0585. The molecule has 0 spiro atoms. The maximum Gasteiger partial charge on any atom is 0.275 e. The van der Waals surface area contributed by atoms with Gasteiger partial charge in [0, 0.05) is 35.8 Å². The molecule has 134 valence electrons. The second kappa shape index (κ2) is 7.21. The molecule has 7 heteroatoms. The third kappa shape index (κ3) is 3.43. The SMILES string of the molecule is Cc1cc(C[C@H]2COCCN(C(=O)c3n[nH]c4ccccc34)C2)ncn1. The van der Waals surface area contributed by atoms with Crippen LogP contribution < -0.4 is 0 Å². The zero-order valence-electron chi connectivity index (χ0n) is 14.7. The van der Waals surface area contributed by atoms with Crippen LogP contribution in [0.2, 0.25) is 0 Å². The van der Waals surface area contributed by atoms with Gasteiger partial charge in [-0.2, -0.15) is 5.10 Å². The fourth-order valence-electron chi connectivity index (χ4n) is 3.38. The molecule has 3 aromatic rings. The van der Waals surface area contributed by atoms with Crippen LogP contribution in [0, 0.1) is 12.8 Å². The fraction of sp³-hybridized carbons (Fsp3) is 0.368. The lowest BCUT2D eigenvalue weighted by Gasteiger charge is -2.23. The maximum atomic E-state index is 13.0. The van der Waals surface area contributed by atoms with E-state index in [1.165, 1.54) is 0 Å². The molecular formula is C19H21N5O2. The van der Waals surface area contributed by atoms with Crippen LogP contribution >= 0.6 is 0 Å². The second-order valence-corrected chi connectivity index (χ2v) is 6.66. The molecule has 26 heavy (non-hydrogen) atoms. The molecule has 2 aromatic heterocycles. The number of hydrogen-bond acceptors (Lipinski definition) is 5. The molecule has 1 aliphatic rings. The number of H-pyrrole nitrogens is 1. The van der Waals surface area contributed by atoms with Crippen LogP contribution in [0.4, 0.5) is 0 Å². The zero-order chi connectivity index (χ0) is 17.9. The smallest absolute Gasteiger partial charge is 0.275 e. The molecule has 1 fully saturated rings. The van der Waals surface area contributed by atoms with E-state index in [0.717, 1.165) is 28.7 Å². The lowest BCUT2D eigenvalue weighted by atomic mass is 10.0. The number of hydrogen-bond donors (Lipinski definition) is 1. The molecule has 7 nitrogen and oxygen atoms in total. The summed E-state index contributed by atoms with van der Waals surface area (Å²) in [6.07, 6.45) is 2.34. The van der Waals surface area contributed by atoms with Crippen molar-refractivity contribution in [3.8, 4) is 0 Å². The van der Waals surface area contributed by atoms with E-state index < -0.39 is 0 Å². The monoisotopic (exact) mass is 351 g/mol. The Hall–Kier alpha value is -2.80. The van der Waals surface area contributed by atoms with E-state index >= 15 is 0 Å². The number of aromatic amines is 1. The van der Waals surface area contributed by atoms with Crippen molar-refractivity contribution in [2.45, 2.75) is 13.3 Å². The molecule has 1 N–H and O–H groups in total. The molecule has 0 radical (unpaired) electrons. The topological polar surface area (TPSA) is 84.0 Å². The van der Waals surface area contributed by atoms with Gasteiger partial charge < -0.3 is 9.64 Å². The van der Waals surface area contributed by atoms with Crippen molar-refractivity contribution in [3.63, 3.8) is 0 Å². The molecule has 1 amide bonds. The van der Waals surface area contributed by atoms with Crippen LogP contribution in [0.25, 0.3) is 10.9 Å². The van der Waals surface area contributed by atoms with Crippen LogP contribution in [-0.4, -0.2) is 57.3 Å². The summed E-state index contributed by atoms with van der Waals surface area (Å²) in [7, 11) is 0. The Labute approximate surface area is 151 Å². The van der Waals surface area contributed by atoms with E-state index in [0.29, 0.717) is 32.0 Å². The Morgan fingerprint density at radius 1 is 1.35 bits per heavy atom. The highest BCUT2D eigenvalue weighted by Gasteiger charge is 2.26. The van der Waals surface area contributed by atoms with Crippen molar-refractivity contribution in [2.24, 2.45) is 5.92 Å². The number of nitrogens with zero attached hydrogens (tertiary/aromatic N) is 4. The molecule has 1 saturated heterocycles. The largest absolute Gasteiger partial charge is 0.379 e. The van der Waals surface area contributed by atoms with Gasteiger partial charge in [-0.15, -0.1) is 0 Å². The molecule has 3 heterocycles.